The molecule has 2 aromatic rings. The number of aliphatic imine (C=N–C) groups is 1. The second-order valence-corrected chi connectivity index (χ2v) is 9.14. The zero-order valence-electron chi connectivity index (χ0n) is 22.7. The number of carbonyl (C=O) groups is 4. The number of benzene rings is 2. The lowest BCUT2D eigenvalue weighted by Crippen LogP contribution is -2.53. The molecular weight excluding hydrogens is 556 g/mol. The number of carbonyl (C=O) groups excluding carboxylic acids is 4. The minimum atomic E-state index is -1.02. The van der Waals surface area contributed by atoms with Crippen molar-refractivity contribution < 1.29 is 24.1 Å². The summed E-state index contributed by atoms with van der Waals surface area (Å²) in [5.74, 6) is -2.59. The van der Waals surface area contributed by atoms with Crippen LogP contribution >= 0.6 is 12.4 Å². The fraction of sp³-hybridized carbons (Fsp3) is 0.346. The number of halogens is 1. The van der Waals surface area contributed by atoms with E-state index in [4.69, 9.17) is 11.5 Å². The van der Waals surface area contributed by atoms with Crippen LogP contribution in [0.4, 0.5) is 11.4 Å². The van der Waals surface area contributed by atoms with Crippen LogP contribution in [0, 0.1) is 16.0 Å². The number of hydrogen-bond acceptors (Lipinski definition) is 7. The molecule has 0 aliphatic heterocycles. The van der Waals surface area contributed by atoms with Crippen LogP contribution in [-0.4, -0.2) is 59.7 Å². The van der Waals surface area contributed by atoms with Gasteiger partial charge in [-0.1, -0.05) is 32.0 Å². The van der Waals surface area contributed by atoms with E-state index in [1.165, 1.54) is 24.3 Å². The smallest absolute Gasteiger partial charge is 0.269 e. The van der Waals surface area contributed by atoms with Crippen LogP contribution in [0.1, 0.15) is 37.0 Å². The minimum absolute atomic E-state index is 0. The standard InChI is InChI=1S/C26H34N8O6.ClH/c1-16(2)22(33-23(36)17-7-4-3-5-8-17)25(38)30-15-21(35)32-20(9-6-14-29-26(27)28)24(37)31-18-10-12-19(13-11-18)34(39)40;/h3-5,7-8,10-13,16,20,22H,6,9,14-15H2,1-2H3,(H,30,38)(H,31,37)(H,32,35)(H,33,36)(H4,27,28,29);1H. The molecule has 0 aromatic heterocycles. The van der Waals surface area contributed by atoms with Gasteiger partial charge in [-0.2, -0.15) is 0 Å². The number of rotatable bonds is 14. The number of amides is 4. The van der Waals surface area contributed by atoms with Crippen molar-refractivity contribution in [1.82, 2.24) is 16.0 Å². The van der Waals surface area contributed by atoms with Crippen molar-refractivity contribution >= 4 is 53.4 Å². The Hall–Kier alpha value is -4.72. The molecule has 222 valence electrons. The van der Waals surface area contributed by atoms with E-state index in [0.717, 1.165) is 0 Å². The van der Waals surface area contributed by atoms with Crippen LogP contribution in [0.15, 0.2) is 59.6 Å². The fourth-order valence-corrected chi connectivity index (χ4v) is 3.54. The number of nitro groups is 1. The van der Waals surface area contributed by atoms with Gasteiger partial charge in [0.05, 0.1) is 11.5 Å². The van der Waals surface area contributed by atoms with Gasteiger partial charge < -0.3 is 32.7 Å². The van der Waals surface area contributed by atoms with Crippen molar-refractivity contribution in [3.63, 3.8) is 0 Å². The highest BCUT2D eigenvalue weighted by Gasteiger charge is 2.26. The first kappa shape index (κ1) is 34.3. The van der Waals surface area contributed by atoms with Gasteiger partial charge in [0.1, 0.15) is 12.1 Å². The lowest BCUT2D eigenvalue weighted by atomic mass is 10.0. The van der Waals surface area contributed by atoms with Crippen molar-refractivity contribution in [2.45, 2.75) is 38.8 Å². The molecule has 0 bridgehead atoms. The van der Waals surface area contributed by atoms with Crippen LogP contribution in [0.25, 0.3) is 0 Å². The van der Waals surface area contributed by atoms with E-state index in [2.05, 4.69) is 26.3 Å². The topological polar surface area (TPSA) is 224 Å². The lowest BCUT2D eigenvalue weighted by Gasteiger charge is -2.22. The van der Waals surface area contributed by atoms with Gasteiger partial charge in [0, 0.05) is 29.9 Å². The predicted octanol–water partition coefficient (Wildman–Crippen LogP) is 1.06. The third-order valence-corrected chi connectivity index (χ3v) is 5.64. The second-order valence-electron chi connectivity index (χ2n) is 9.14. The lowest BCUT2D eigenvalue weighted by molar-refractivity contribution is -0.384. The van der Waals surface area contributed by atoms with Gasteiger partial charge >= 0.3 is 0 Å². The van der Waals surface area contributed by atoms with Gasteiger partial charge in [-0.25, -0.2) is 0 Å². The van der Waals surface area contributed by atoms with Crippen molar-refractivity contribution in [3.05, 3.63) is 70.3 Å². The van der Waals surface area contributed by atoms with Gasteiger partial charge in [0.15, 0.2) is 5.96 Å². The Morgan fingerprint density at radius 3 is 2.15 bits per heavy atom. The van der Waals surface area contributed by atoms with Crippen molar-refractivity contribution in [1.29, 1.82) is 0 Å². The highest BCUT2D eigenvalue weighted by atomic mass is 35.5. The van der Waals surface area contributed by atoms with E-state index >= 15 is 0 Å². The molecule has 0 aliphatic carbocycles. The van der Waals surface area contributed by atoms with E-state index in [-0.39, 0.29) is 42.9 Å². The van der Waals surface area contributed by atoms with Gasteiger partial charge in [0.25, 0.3) is 11.6 Å². The molecule has 8 N–H and O–H groups in total. The maximum atomic E-state index is 12.9. The molecule has 2 unspecified atom stereocenters. The molecule has 0 heterocycles. The van der Waals surface area contributed by atoms with Gasteiger partial charge in [-0.05, 0) is 43.0 Å². The maximum Gasteiger partial charge on any atom is 0.269 e. The van der Waals surface area contributed by atoms with Gasteiger partial charge in [-0.15, -0.1) is 12.4 Å². The summed E-state index contributed by atoms with van der Waals surface area (Å²) in [6.45, 7) is 3.28. The number of hydrogen-bond donors (Lipinski definition) is 6. The highest BCUT2D eigenvalue weighted by Crippen LogP contribution is 2.16. The van der Waals surface area contributed by atoms with E-state index in [1.54, 1.807) is 44.2 Å². The average molecular weight is 591 g/mol. The Morgan fingerprint density at radius 1 is 0.951 bits per heavy atom. The quantitative estimate of drug-likeness (QED) is 0.0611. The van der Waals surface area contributed by atoms with E-state index < -0.39 is 47.2 Å². The molecule has 2 rings (SSSR count). The van der Waals surface area contributed by atoms with Crippen LogP contribution < -0.4 is 32.7 Å². The molecule has 0 fully saturated rings. The van der Waals surface area contributed by atoms with Crippen LogP contribution in [0.2, 0.25) is 0 Å². The zero-order valence-corrected chi connectivity index (χ0v) is 23.5. The Balaban J connectivity index is 0.00000840. The molecule has 4 amide bonds. The van der Waals surface area contributed by atoms with Crippen molar-refractivity contribution in [2.24, 2.45) is 22.4 Å². The van der Waals surface area contributed by atoms with E-state index in [0.29, 0.717) is 17.7 Å². The molecule has 2 aromatic carbocycles. The molecule has 15 heteroatoms. The molecule has 14 nitrogen and oxygen atoms in total. The Morgan fingerprint density at radius 2 is 1.59 bits per heavy atom. The number of nitrogens with one attached hydrogen (secondary N) is 4. The first-order valence-electron chi connectivity index (χ1n) is 12.5. The summed E-state index contributed by atoms with van der Waals surface area (Å²) in [6, 6.07) is 11.7. The molecule has 41 heavy (non-hydrogen) atoms. The summed E-state index contributed by atoms with van der Waals surface area (Å²) in [7, 11) is 0. The zero-order chi connectivity index (χ0) is 29.7. The first-order chi connectivity index (χ1) is 19.0. The van der Waals surface area contributed by atoms with Crippen LogP contribution in [0.3, 0.4) is 0 Å². The Labute approximate surface area is 243 Å². The highest BCUT2D eigenvalue weighted by molar-refractivity contribution is 5.99. The third kappa shape index (κ3) is 11.9. The summed E-state index contributed by atoms with van der Waals surface area (Å²) < 4.78 is 0. The molecular formula is C26H35ClN8O6. The minimum Gasteiger partial charge on any atom is -0.370 e. The summed E-state index contributed by atoms with van der Waals surface area (Å²) in [6.07, 6.45) is 0.515. The molecule has 2 atom stereocenters. The number of nitrogens with two attached hydrogens (primary N) is 2. The fourth-order valence-electron chi connectivity index (χ4n) is 3.54. The van der Waals surface area contributed by atoms with Crippen LogP contribution in [-0.2, 0) is 14.4 Å². The van der Waals surface area contributed by atoms with Crippen molar-refractivity contribution in [3.8, 4) is 0 Å². The SMILES string of the molecule is CC(C)C(NC(=O)c1ccccc1)C(=O)NCC(=O)NC(CCCN=C(N)N)C(=O)Nc1ccc([N+](=O)[O-])cc1.Cl. The monoisotopic (exact) mass is 590 g/mol. The summed E-state index contributed by atoms with van der Waals surface area (Å²) in [5, 5.41) is 21.2. The third-order valence-electron chi connectivity index (χ3n) is 5.64. The van der Waals surface area contributed by atoms with Gasteiger partial charge in [-0.3, -0.25) is 34.3 Å². The predicted molar refractivity (Wildman–Crippen MR) is 156 cm³/mol. The molecule has 0 radical (unpaired) electrons. The normalized spacial score (nSPS) is 11.7. The second kappa shape index (κ2) is 17.1. The van der Waals surface area contributed by atoms with Gasteiger partial charge in [0.2, 0.25) is 17.7 Å². The number of anilines is 1. The number of nitro benzene ring substituents is 1. The summed E-state index contributed by atoms with van der Waals surface area (Å²) in [4.78, 5) is 65.0. The largest absolute Gasteiger partial charge is 0.370 e. The first-order valence-corrected chi connectivity index (χ1v) is 12.5. The molecule has 0 aliphatic rings. The van der Waals surface area contributed by atoms with E-state index in [9.17, 15) is 29.3 Å². The number of non-ortho nitro benzene ring substituents is 1. The average Bonchev–Trinajstić information content (AvgIpc) is 2.92. The number of guanidine groups is 1. The summed E-state index contributed by atoms with van der Waals surface area (Å²) >= 11 is 0. The maximum absolute atomic E-state index is 12.9. The summed E-state index contributed by atoms with van der Waals surface area (Å²) in [5.41, 5.74) is 11.2. The van der Waals surface area contributed by atoms with Crippen LogP contribution in [0.5, 0.6) is 0 Å². The Kier molecular flexibility index (Phi) is 14.3. The molecule has 0 spiro atoms. The van der Waals surface area contributed by atoms with E-state index in [1.807, 2.05) is 0 Å². The molecule has 0 saturated carbocycles. The van der Waals surface area contributed by atoms with Crippen molar-refractivity contribution in [2.75, 3.05) is 18.4 Å². The number of nitrogens with zero attached hydrogens (tertiary/aromatic N) is 2. The molecule has 0 saturated heterocycles. The Bertz CT molecular complexity index is 1220.